The van der Waals surface area contributed by atoms with Crippen LogP contribution in [-0.2, 0) is 4.74 Å². The van der Waals surface area contributed by atoms with E-state index in [1.165, 1.54) is 4.90 Å². The van der Waals surface area contributed by atoms with E-state index in [2.05, 4.69) is 11.9 Å². The lowest BCUT2D eigenvalue weighted by molar-refractivity contribution is 0.157. The molecule has 1 rings (SSSR count). The highest BCUT2D eigenvalue weighted by Crippen LogP contribution is 2.27. The third-order valence-corrected chi connectivity index (χ3v) is 4.06. The molecule has 120 valence electrons. The number of allylic oxidation sites excluding steroid dienone is 2. The van der Waals surface area contributed by atoms with Gasteiger partial charge in [0.1, 0.15) is 0 Å². The molecule has 1 aliphatic heterocycles. The number of carbonyl (C=O) groups excluding carboxylic acids is 1. The van der Waals surface area contributed by atoms with Gasteiger partial charge >= 0.3 is 12.2 Å². The number of ether oxygens (including phenoxy) is 1. The molecule has 1 saturated heterocycles. The number of nitrogens with one attached hydrogen (secondary N) is 1. The Morgan fingerprint density at radius 1 is 1.55 bits per heavy atom. The first-order valence-electron chi connectivity index (χ1n) is 7.12. The van der Waals surface area contributed by atoms with Gasteiger partial charge in [-0.05, 0) is 44.9 Å². The number of hydrogen-bond acceptors (Lipinski definition) is 3. The van der Waals surface area contributed by atoms with Crippen LogP contribution >= 0.6 is 0 Å². The highest BCUT2D eigenvalue weighted by molar-refractivity contribution is 6.12. The van der Waals surface area contributed by atoms with Gasteiger partial charge in [0.15, 0.2) is 7.85 Å². The van der Waals surface area contributed by atoms with Gasteiger partial charge in [0.25, 0.3) is 0 Å². The summed E-state index contributed by atoms with van der Waals surface area (Å²) in [4.78, 5) is 24.3. The van der Waals surface area contributed by atoms with Gasteiger partial charge in [0.2, 0.25) is 0 Å². The lowest BCUT2D eigenvalue weighted by Gasteiger charge is -2.32. The summed E-state index contributed by atoms with van der Waals surface area (Å²) in [6.07, 6.45) is 2.01. The molecule has 0 spiro atoms. The van der Waals surface area contributed by atoms with Crippen LogP contribution in [0.2, 0.25) is 0 Å². The minimum Gasteiger partial charge on any atom is -0.465 e. The molecule has 0 aromatic rings. The Labute approximate surface area is 131 Å². The normalized spacial score (nSPS) is 22.1. The van der Waals surface area contributed by atoms with Crippen molar-refractivity contribution in [2.75, 3.05) is 6.54 Å². The molecule has 2 N–H and O–H groups in total. The number of carboxylic acid groups (broad SMARTS) is 1. The van der Waals surface area contributed by atoms with Crippen molar-refractivity contribution in [2.24, 2.45) is 0 Å². The van der Waals surface area contributed by atoms with Crippen LogP contribution in [0.15, 0.2) is 35.6 Å². The molecular formula is C15H23BN2O4. The predicted octanol–water partition coefficient (Wildman–Crippen LogP) is 1.85. The fourth-order valence-corrected chi connectivity index (χ4v) is 2.32. The maximum Gasteiger partial charge on any atom is 0.413 e. The van der Waals surface area contributed by atoms with Crippen LogP contribution < -0.4 is 5.32 Å². The summed E-state index contributed by atoms with van der Waals surface area (Å²) in [6, 6.07) is -0.182. The Morgan fingerprint density at radius 2 is 2.14 bits per heavy atom. The van der Waals surface area contributed by atoms with Crippen LogP contribution in [0.3, 0.4) is 0 Å². The lowest BCUT2D eigenvalue weighted by atomic mass is 9.84. The number of amides is 2. The van der Waals surface area contributed by atoms with E-state index < -0.39 is 17.7 Å². The second-order valence-corrected chi connectivity index (χ2v) is 5.65. The van der Waals surface area contributed by atoms with E-state index >= 15 is 0 Å². The third-order valence-electron chi connectivity index (χ3n) is 4.06. The van der Waals surface area contributed by atoms with Crippen LogP contribution in [0.4, 0.5) is 9.59 Å². The molecular weight excluding hydrogens is 283 g/mol. The Hall–Kier alpha value is -2.18. The Bertz CT molecular complexity index is 556. The summed E-state index contributed by atoms with van der Waals surface area (Å²) in [5, 5.41) is 11.6. The smallest absolute Gasteiger partial charge is 0.413 e. The summed E-state index contributed by atoms with van der Waals surface area (Å²) in [5.41, 5.74) is 1.21. The summed E-state index contributed by atoms with van der Waals surface area (Å²) in [6.45, 7) is 11.6. The highest BCUT2D eigenvalue weighted by atomic mass is 16.6. The van der Waals surface area contributed by atoms with Crippen molar-refractivity contribution in [1.82, 2.24) is 10.2 Å². The molecule has 22 heavy (non-hydrogen) atoms. The van der Waals surface area contributed by atoms with E-state index in [9.17, 15) is 9.59 Å². The molecule has 1 aliphatic rings. The minimum atomic E-state index is -1.11. The van der Waals surface area contributed by atoms with Crippen molar-refractivity contribution in [3.05, 3.63) is 35.6 Å². The van der Waals surface area contributed by atoms with Gasteiger partial charge in [-0.3, -0.25) is 4.90 Å². The van der Waals surface area contributed by atoms with Gasteiger partial charge in [0.05, 0.1) is 18.1 Å². The van der Waals surface area contributed by atoms with Gasteiger partial charge in [-0.2, -0.15) is 0 Å². The Balaban J connectivity index is 3.08. The van der Waals surface area contributed by atoms with E-state index in [1.807, 2.05) is 27.8 Å². The first-order chi connectivity index (χ1) is 10.1. The molecule has 0 bridgehead atoms. The molecule has 1 fully saturated rings. The molecule has 0 aromatic heterocycles. The summed E-state index contributed by atoms with van der Waals surface area (Å²) in [7, 11) is 1.81. The zero-order valence-corrected chi connectivity index (χ0v) is 13.8. The summed E-state index contributed by atoms with van der Waals surface area (Å²) < 4.78 is 5.07. The van der Waals surface area contributed by atoms with Gasteiger partial charge in [0, 0.05) is 5.70 Å². The second kappa shape index (κ2) is 6.72. The molecule has 0 saturated carbocycles. The first-order valence-corrected chi connectivity index (χ1v) is 7.12. The van der Waals surface area contributed by atoms with Crippen molar-refractivity contribution >= 4 is 20.0 Å². The standard InChI is InChI=1S/C15H23BN2O4/c1-6-9(2)15(5,17-13(19)20)10(3)7-11(4)18-8-12(16)22-14(18)21/h6-7,12,17H,4,8,16H2,1-3,5H3,(H,19,20)/b9-6-,10-7+. The van der Waals surface area contributed by atoms with Crippen molar-refractivity contribution in [2.45, 2.75) is 39.2 Å². The molecule has 0 aliphatic carbocycles. The van der Waals surface area contributed by atoms with E-state index in [-0.39, 0.29) is 6.00 Å². The maximum atomic E-state index is 11.7. The van der Waals surface area contributed by atoms with Crippen LogP contribution in [-0.4, -0.2) is 48.1 Å². The maximum absolute atomic E-state index is 11.7. The van der Waals surface area contributed by atoms with E-state index in [0.717, 1.165) is 11.1 Å². The highest BCUT2D eigenvalue weighted by Gasteiger charge is 2.32. The summed E-state index contributed by atoms with van der Waals surface area (Å²) >= 11 is 0. The van der Waals surface area contributed by atoms with Gasteiger partial charge in [-0.25, -0.2) is 9.59 Å². The molecule has 2 atom stereocenters. The molecule has 0 aromatic carbocycles. The van der Waals surface area contributed by atoms with Crippen LogP contribution in [0, 0.1) is 0 Å². The number of cyclic esters (lactones) is 1. The molecule has 1 heterocycles. The number of rotatable bonds is 5. The quantitative estimate of drug-likeness (QED) is 0.461. The van der Waals surface area contributed by atoms with Gasteiger partial charge in [-0.15, -0.1) is 0 Å². The minimum absolute atomic E-state index is 0.182. The average molecular weight is 306 g/mol. The average Bonchev–Trinajstić information content (AvgIpc) is 2.75. The Morgan fingerprint density at radius 3 is 2.55 bits per heavy atom. The number of hydrogen-bond donors (Lipinski definition) is 2. The van der Waals surface area contributed by atoms with Crippen molar-refractivity contribution < 1.29 is 19.4 Å². The first kappa shape index (κ1) is 17.9. The zero-order chi connectivity index (χ0) is 17.1. The molecule has 2 unspecified atom stereocenters. The SMILES string of the molecule is BC1CN(C(=C)/C=C(\C)C(C)(NC(=O)O)/C(C)=C\C)C(=O)O1. The molecule has 2 amide bonds. The predicted molar refractivity (Wildman–Crippen MR) is 87.4 cm³/mol. The lowest BCUT2D eigenvalue weighted by Crippen LogP contribution is -2.47. The van der Waals surface area contributed by atoms with Crippen molar-refractivity contribution in [3.63, 3.8) is 0 Å². The fourth-order valence-electron chi connectivity index (χ4n) is 2.32. The molecule has 7 heteroatoms. The Kier molecular flexibility index (Phi) is 5.46. The van der Waals surface area contributed by atoms with Gasteiger partial charge in [-0.1, -0.05) is 12.7 Å². The van der Waals surface area contributed by atoms with Crippen LogP contribution in [0.1, 0.15) is 27.7 Å². The monoisotopic (exact) mass is 306 g/mol. The van der Waals surface area contributed by atoms with Crippen LogP contribution in [0.5, 0.6) is 0 Å². The van der Waals surface area contributed by atoms with Crippen molar-refractivity contribution in [1.29, 1.82) is 0 Å². The fraction of sp³-hybridized carbons (Fsp3) is 0.467. The largest absolute Gasteiger partial charge is 0.465 e. The van der Waals surface area contributed by atoms with Gasteiger partial charge < -0.3 is 15.2 Å². The zero-order valence-electron chi connectivity index (χ0n) is 13.8. The number of carbonyl (C=O) groups is 2. The van der Waals surface area contributed by atoms with Crippen molar-refractivity contribution in [3.8, 4) is 0 Å². The molecule has 6 nitrogen and oxygen atoms in total. The third kappa shape index (κ3) is 3.72. The number of nitrogens with zero attached hydrogens (tertiary/aromatic N) is 1. The van der Waals surface area contributed by atoms with E-state index in [4.69, 9.17) is 9.84 Å². The second-order valence-electron chi connectivity index (χ2n) is 5.65. The summed E-state index contributed by atoms with van der Waals surface area (Å²) in [5.74, 6) is 0. The van der Waals surface area contributed by atoms with E-state index in [1.54, 1.807) is 19.9 Å². The van der Waals surface area contributed by atoms with E-state index in [0.29, 0.717) is 12.2 Å². The molecule has 0 radical (unpaired) electrons. The van der Waals surface area contributed by atoms with Crippen LogP contribution in [0.25, 0.3) is 0 Å². The topological polar surface area (TPSA) is 78.9 Å².